The number of hydrogen-bond acceptors (Lipinski definition) is 4. The van der Waals surface area contributed by atoms with Gasteiger partial charge in [0.05, 0.1) is 11.5 Å². The number of aliphatic hydroxyl groups is 1. The lowest BCUT2D eigenvalue weighted by Crippen LogP contribution is -2.63. The van der Waals surface area contributed by atoms with Crippen molar-refractivity contribution in [3.8, 4) is 0 Å². The predicted octanol–water partition coefficient (Wildman–Crippen LogP) is 1.36. The maximum absolute atomic E-state index is 12.5. The molecule has 2 N–H and O–H groups in total. The van der Waals surface area contributed by atoms with Crippen LogP contribution in [-0.4, -0.2) is 71.7 Å². The fourth-order valence-corrected chi connectivity index (χ4v) is 5.67. The molecular formula is C19H33N3O2. The Balaban J connectivity index is 1.37. The molecule has 1 amide bonds. The Morgan fingerprint density at radius 1 is 0.917 bits per heavy atom. The summed E-state index contributed by atoms with van der Waals surface area (Å²) in [5.74, 6) is 0.0920. The van der Waals surface area contributed by atoms with E-state index in [0.717, 1.165) is 44.9 Å². The van der Waals surface area contributed by atoms with Gasteiger partial charge in [-0.15, -0.1) is 0 Å². The zero-order valence-corrected chi connectivity index (χ0v) is 14.9. The van der Waals surface area contributed by atoms with E-state index in [1.54, 1.807) is 0 Å². The molecule has 0 aromatic carbocycles. The highest BCUT2D eigenvalue weighted by Gasteiger charge is 2.50. The summed E-state index contributed by atoms with van der Waals surface area (Å²) in [5.41, 5.74) is -0.543. The van der Waals surface area contributed by atoms with E-state index in [1.807, 2.05) is 0 Å². The van der Waals surface area contributed by atoms with Crippen molar-refractivity contribution in [2.75, 3.05) is 32.7 Å². The second kappa shape index (κ2) is 6.93. The van der Waals surface area contributed by atoms with Crippen molar-refractivity contribution >= 4 is 5.91 Å². The van der Waals surface area contributed by atoms with Crippen LogP contribution in [-0.2, 0) is 4.79 Å². The van der Waals surface area contributed by atoms with Crippen LogP contribution in [0.25, 0.3) is 0 Å². The van der Waals surface area contributed by atoms with Crippen LogP contribution in [0.5, 0.6) is 0 Å². The van der Waals surface area contributed by atoms with Gasteiger partial charge in [0, 0.05) is 31.7 Å². The largest absolute Gasteiger partial charge is 0.392 e. The molecule has 0 unspecified atom stereocenters. The van der Waals surface area contributed by atoms with Crippen molar-refractivity contribution < 1.29 is 9.90 Å². The van der Waals surface area contributed by atoms with Gasteiger partial charge in [0.15, 0.2) is 0 Å². The van der Waals surface area contributed by atoms with Gasteiger partial charge in [-0.1, -0.05) is 12.8 Å². The summed E-state index contributed by atoms with van der Waals surface area (Å²) in [6.45, 7) is 4.91. The molecular weight excluding hydrogens is 302 g/mol. The summed E-state index contributed by atoms with van der Waals surface area (Å²) < 4.78 is 0. The van der Waals surface area contributed by atoms with Gasteiger partial charge in [-0.3, -0.25) is 9.69 Å². The first-order chi connectivity index (χ1) is 11.7. The average Bonchev–Trinajstić information content (AvgIpc) is 3.15. The molecule has 0 bridgehead atoms. The standard InChI is InChI=1S/C19H33N3O2/c23-17-8-13-22(14-19(17)9-3-10-20-18(19)24)16-6-11-21(12-7-16)15-4-1-2-5-15/h15-17,23H,1-14H2,(H,20,24)/t17-,19-/m1/s1. The number of nitrogens with zero attached hydrogens (tertiary/aromatic N) is 2. The highest BCUT2D eigenvalue weighted by molar-refractivity contribution is 5.84. The van der Waals surface area contributed by atoms with E-state index in [0.29, 0.717) is 6.04 Å². The lowest BCUT2D eigenvalue weighted by atomic mass is 9.71. The average molecular weight is 335 g/mol. The monoisotopic (exact) mass is 335 g/mol. The molecule has 2 atom stereocenters. The van der Waals surface area contributed by atoms with Gasteiger partial charge >= 0.3 is 0 Å². The van der Waals surface area contributed by atoms with Gasteiger partial charge in [0.1, 0.15) is 0 Å². The third-order valence-corrected chi connectivity index (χ3v) is 7.21. The van der Waals surface area contributed by atoms with Crippen LogP contribution in [0.15, 0.2) is 0 Å². The molecule has 3 heterocycles. The van der Waals surface area contributed by atoms with E-state index in [4.69, 9.17) is 0 Å². The second-order valence-electron chi connectivity index (χ2n) is 8.50. The third kappa shape index (κ3) is 2.99. The van der Waals surface area contributed by atoms with Crippen LogP contribution in [0.2, 0.25) is 0 Å². The maximum atomic E-state index is 12.5. The number of piperidine rings is 3. The van der Waals surface area contributed by atoms with Crippen LogP contribution in [0.4, 0.5) is 0 Å². The summed E-state index contributed by atoms with van der Waals surface area (Å²) in [4.78, 5) is 17.8. The van der Waals surface area contributed by atoms with Crippen LogP contribution in [0.1, 0.15) is 57.8 Å². The predicted molar refractivity (Wildman–Crippen MR) is 93.7 cm³/mol. The normalized spacial score (nSPS) is 37.9. The van der Waals surface area contributed by atoms with Gasteiger partial charge < -0.3 is 15.3 Å². The number of hydrogen-bond donors (Lipinski definition) is 2. The third-order valence-electron chi connectivity index (χ3n) is 7.21. The van der Waals surface area contributed by atoms with Gasteiger partial charge in [0.2, 0.25) is 5.91 Å². The van der Waals surface area contributed by atoms with E-state index in [-0.39, 0.29) is 5.91 Å². The molecule has 136 valence electrons. The molecule has 5 heteroatoms. The second-order valence-corrected chi connectivity index (χ2v) is 8.50. The SMILES string of the molecule is O=C1NCCC[C@]12CN(C1CCN(C3CCCC3)CC1)CC[C@H]2O. The summed E-state index contributed by atoms with van der Waals surface area (Å²) in [5, 5.41) is 13.6. The van der Waals surface area contributed by atoms with Gasteiger partial charge in [-0.05, 0) is 58.0 Å². The van der Waals surface area contributed by atoms with E-state index in [1.165, 1.54) is 51.6 Å². The minimum atomic E-state index is -0.543. The van der Waals surface area contributed by atoms with E-state index in [2.05, 4.69) is 15.1 Å². The first-order valence-electron chi connectivity index (χ1n) is 10.1. The van der Waals surface area contributed by atoms with E-state index < -0.39 is 11.5 Å². The van der Waals surface area contributed by atoms with E-state index >= 15 is 0 Å². The van der Waals surface area contributed by atoms with E-state index in [9.17, 15) is 9.90 Å². The topological polar surface area (TPSA) is 55.8 Å². The molecule has 3 aliphatic heterocycles. The molecule has 0 aromatic heterocycles. The number of amides is 1. The molecule has 1 aliphatic carbocycles. The van der Waals surface area contributed by atoms with Crippen molar-refractivity contribution in [2.45, 2.75) is 76.0 Å². The Morgan fingerprint density at radius 3 is 2.29 bits per heavy atom. The molecule has 3 saturated heterocycles. The first-order valence-corrected chi connectivity index (χ1v) is 10.1. The molecule has 5 nitrogen and oxygen atoms in total. The first kappa shape index (κ1) is 16.8. The highest BCUT2D eigenvalue weighted by atomic mass is 16.3. The minimum Gasteiger partial charge on any atom is -0.392 e. The summed E-state index contributed by atoms with van der Waals surface area (Å²) >= 11 is 0. The molecule has 4 fully saturated rings. The lowest BCUT2D eigenvalue weighted by molar-refractivity contribution is -0.151. The highest BCUT2D eigenvalue weighted by Crippen LogP contribution is 2.39. The Bertz CT molecular complexity index is 458. The Morgan fingerprint density at radius 2 is 1.58 bits per heavy atom. The van der Waals surface area contributed by atoms with Gasteiger partial charge in [-0.25, -0.2) is 0 Å². The van der Waals surface area contributed by atoms with Gasteiger partial charge in [-0.2, -0.15) is 0 Å². The Labute approximate surface area is 145 Å². The zero-order valence-electron chi connectivity index (χ0n) is 14.9. The Hall–Kier alpha value is -0.650. The number of carbonyl (C=O) groups excluding carboxylic acids is 1. The molecule has 0 radical (unpaired) electrons. The summed E-state index contributed by atoms with van der Waals surface area (Å²) in [6, 6.07) is 1.44. The fraction of sp³-hybridized carbons (Fsp3) is 0.947. The number of rotatable bonds is 2. The van der Waals surface area contributed by atoms with Crippen molar-refractivity contribution in [2.24, 2.45) is 5.41 Å². The quantitative estimate of drug-likeness (QED) is 0.800. The molecule has 24 heavy (non-hydrogen) atoms. The lowest BCUT2D eigenvalue weighted by Gasteiger charge is -2.50. The number of likely N-dealkylation sites (tertiary alicyclic amines) is 2. The zero-order chi connectivity index (χ0) is 16.6. The fourth-order valence-electron chi connectivity index (χ4n) is 5.67. The molecule has 4 aliphatic rings. The summed E-state index contributed by atoms with van der Waals surface area (Å²) in [7, 11) is 0. The minimum absolute atomic E-state index is 0.0920. The van der Waals surface area contributed by atoms with Gasteiger partial charge in [0.25, 0.3) is 0 Å². The van der Waals surface area contributed by atoms with Crippen molar-refractivity contribution in [1.29, 1.82) is 0 Å². The molecule has 0 aromatic rings. The number of aliphatic hydroxyl groups excluding tert-OH is 1. The van der Waals surface area contributed by atoms with Crippen LogP contribution in [0.3, 0.4) is 0 Å². The number of nitrogens with one attached hydrogen (secondary N) is 1. The van der Waals surface area contributed by atoms with Crippen molar-refractivity contribution in [3.63, 3.8) is 0 Å². The van der Waals surface area contributed by atoms with Crippen LogP contribution >= 0.6 is 0 Å². The smallest absolute Gasteiger partial charge is 0.230 e. The summed E-state index contributed by atoms with van der Waals surface area (Å²) in [6.07, 6.45) is 10.2. The maximum Gasteiger partial charge on any atom is 0.230 e. The van der Waals surface area contributed by atoms with Crippen molar-refractivity contribution in [3.05, 3.63) is 0 Å². The van der Waals surface area contributed by atoms with Crippen LogP contribution in [0, 0.1) is 5.41 Å². The molecule has 4 rings (SSSR count). The Kier molecular flexibility index (Phi) is 4.85. The molecule has 1 saturated carbocycles. The number of carbonyl (C=O) groups is 1. The molecule has 1 spiro atoms. The van der Waals surface area contributed by atoms with Crippen molar-refractivity contribution in [1.82, 2.24) is 15.1 Å². The van der Waals surface area contributed by atoms with Crippen LogP contribution < -0.4 is 5.32 Å².